The van der Waals surface area contributed by atoms with Crippen LogP contribution in [0.1, 0.15) is 34.8 Å². The molecule has 1 aliphatic rings. The smallest absolute Gasteiger partial charge is 0.338 e. The van der Waals surface area contributed by atoms with Gasteiger partial charge in [0.25, 0.3) is 0 Å². The van der Waals surface area contributed by atoms with Crippen molar-refractivity contribution in [2.75, 3.05) is 32.1 Å². The number of carbonyl (C=O) groups excluding carboxylic acids is 3. The zero-order chi connectivity index (χ0) is 30.3. The fraction of sp³-hybridized carbons (Fsp3) is 0.323. The van der Waals surface area contributed by atoms with Crippen LogP contribution in [0.4, 0.5) is 10.5 Å². The Balaban J connectivity index is 1.40. The summed E-state index contributed by atoms with van der Waals surface area (Å²) in [6.07, 6.45) is 0.935. The van der Waals surface area contributed by atoms with E-state index in [4.69, 9.17) is 4.74 Å². The maximum absolute atomic E-state index is 13.5. The van der Waals surface area contributed by atoms with Crippen LogP contribution >= 0.6 is 0 Å². The highest BCUT2D eigenvalue weighted by molar-refractivity contribution is 5.95. The highest BCUT2D eigenvalue weighted by Crippen LogP contribution is 2.28. The summed E-state index contributed by atoms with van der Waals surface area (Å²) in [7, 11) is 2.07. The summed E-state index contributed by atoms with van der Waals surface area (Å²) in [5, 5.41) is 37.7. The van der Waals surface area contributed by atoms with E-state index in [0.29, 0.717) is 28.8 Å². The van der Waals surface area contributed by atoms with Crippen LogP contribution in [-0.2, 0) is 22.5 Å². The number of ether oxygens (including phenoxy) is 1. The lowest BCUT2D eigenvalue weighted by atomic mass is 10.0. The van der Waals surface area contributed by atoms with Crippen molar-refractivity contribution >= 4 is 23.6 Å². The van der Waals surface area contributed by atoms with Gasteiger partial charge < -0.3 is 40.5 Å². The Labute approximate surface area is 244 Å². The van der Waals surface area contributed by atoms with E-state index >= 15 is 0 Å². The van der Waals surface area contributed by atoms with Crippen molar-refractivity contribution in [3.05, 3.63) is 83.4 Å². The second-order valence-electron chi connectivity index (χ2n) is 10.8. The van der Waals surface area contributed by atoms with Gasteiger partial charge in [-0.2, -0.15) is 0 Å². The molecule has 0 unspecified atom stereocenters. The fourth-order valence-corrected chi connectivity index (χ4v) is 5.16. The summed E-state index contributed by atoms with van der Waals surface area (Å²) in [5.41, 5.74) is 2.43. The molecule has 0 bridgehead atoms. The van der Waals surface area contributed by atoms with Crippen molar-refractivity contribution in [1.29, 1.82) is 0 Å². The molecule has 1 aliphatic heterocycles. The van der Waals surface area contributed by atoms with Gasteiger partial charge in [-0.15, -0.1) is 0 Å². The first-order valence-electron chi connectivity index (χ1n) is 13.8. The van der Waals surface area contributed by atoms with E-state index in [0.717, 1.165) is 24.1 Å². The van der Waals surface area contributed by atoms with E-state index in [2.05, 4.69) is 23.0 Å². The number of phenolic OH excluding ortho intramolecular Hbond substituents is 3. The average molecular weight is 578 g/mol. The topological polar surface area (TPSA) is 157 Å². The summed E-state index contributed by atoms with van der Waals surface area (Å²) in [5.74, 6) is -1.03. The molecule has 3 aromatic carbocycles. The third-order valence-electron chi connectivity index (χ3n) is 7.28. The second-order valence-corrected chi connectivity index (χ2v) is 10.8. The molecule has 1 fully saturated rings. The Hall–Kier alpha value is -4.77. The van der Waals surface area contributed by atoms with Crippen molar-refractivity contribution in [2.45, 2.75) is 38.4 Å². The highest BCUT2D eigenvalue weighted by Gasteiger charge is 2.36. The van der Waals surface area contributed by atoms with Gasteiger partial charge in [0.05, 0.1) is 38.3 Å². The molecule has 0 saturated carbocycles. The number of carbonyl (C=O) groups is 3. The molecule has 0 radical (unpaired) electrons. The summed E-state index contributed by atoms with van der Waals surface area (Å²) >= 11 is 0. The van der Waals surface area contributed by atoms with Crippen LogP contribution in [0.3, 0.4) is 0 Å². The predicted octanol–water partition coefficient (Wildman–Crippen LogP) is 3.25. The minimum absolute atomic E-state index is 0.0988. The van der Waals surface area contributed by atoms with Crippen molar-refractivity contribution in [1.82, 2.24) is 10.6 Å². The van der Waals surface area contributed by atoms with Crippen LogP contribution < -0.4 is 16.0 Å². The molecule has 222 valence electrons. The Kier molecular flexibility index (Phi) is 9.53. The number of nitrogens with zero attached hydrogens (tertiary/aromatic N) is 1. The van der Waals surface area contributed by atoms with Gasteiger partial charge in [0, 0.05) is 24.1 Å². The summed E-state index contributed by atoms with van der Waals surface area (Å²) in [6.45, 7) is 4.04. The molecule has 0 aromatic heterocycles. The Bertz CT molecular complexity index is 1410. The van der Waals surface area contributed by atoms with E-state index in [9.17, 15) is 29.7 Å². The van der Waals surface area contributed by atoms with Gasteiger partial charge in [-0.3, -0.25) is 4.79 Å². The lowest BCUT2D eigenvalue weighted by Crippen LogP contribution is -2.53. The lowest BCUT2D eigenvalue weighted by Gasteiger charge is -2.30. The van der Waals surface area contributed by atoms with E-state index in [1.165, 1.54) is 18.2 Å². The number of likely N-dealkylation sites (tertiary alicyclic amines) is 1. The number of anilines is 1. The van der Waals surface area contributed by atoms with Crippen LogP contribution in [0.25, 0.3) is 0 Å². The number of hydrogen-bond donors (Lipinski definition) is 6. The van der Waals surface area contributed by atoms with Crippen molar-refractivity contribution in [3.8, 4) is 17.2 Å². The predicted molar refractivity (Wildman–Crippen MR) is 156 cm³/mol. The number of phenols is 3. The van der Waals surface area contributed by atoms with Crippen molar-refractivity contribution in [2.24, 2.45) is 0 Å². The van der Waals surface area contributed by atoms with E-state index in [1.807, 2.05) is 0 Å². The van der Waals surface area contributed by atoms with Crippen LogP contribution in [0.15, 0.2) is 66.7 Å². The van der Waals surface area contributed by atoms with Crippen LogP contribution in [0, 0.1) is 0 Å². The third-order valence-corrected chi connectivity index (χ3v) is 7.28. The zero-order valence-corrected chi connectivity index (χ0v) is 23.7. The second kappa shape index (κ2) is 13.3. The third kappa shape index (κ3) is 8.14. The van der Waals surface area contributed by atoms with Gasteiger partial charge in [0.15, 0.2) is 11.5 Å². The van der Waals surface area contributed by atoms with Gasteiger partial charge in [-0.25, -0.2) is 9.59 Å². The quantitative estimate of drug-likeness (QED) is 0.123. The van der Waals surface area contributed by atoms with Gasteiger partial charge in [0.2, 0.25) is 5.91 Å². The number of quaternary nitrogens is 1. The molecular weight excluding hydrogens is 540 g/mol. The minimum atomic E-state index is -0.901. The maximum atomic E-state index is 13.5. The average Bonchev–Trinajstić information content (AvgIpc) is 3.31. The molecular formula is C31H37N4O7+. The van der Waals surface area contributed by atoms with Crippen LogP contribution in [0.5, 0.6) is 17.2 Å². The Morgan fingerprint density at radius 2 is 1.64 bits per heavy atom. The fourth-order valence-electron chi connectivity index (χ4n) is 5.16. The highest BCUT2D eigenvalue weighted by atomic mass is 16.5. The Morgan fingerprint density at radius 1 is 0.952 bits per heavy atom. The standard InChI is InChI=1S/C31H36N4O7/c1-3-42-30(40)22-7-9-23(10-8-22)33-31(41)34-26(16-20-4-11-25(36)12-5-20)29(39)32-24-14-15-35(2,19-24)18-21-6-13-27(37)28(38)17-21/h4-13,17,24,26H,3,14-16,18-19H2,1-2H3,(H5-,32,33,34,36,37,38,39,40,41)/p+1/t24-,26-,35-/m0/s1. The van der Waals surface area contributed by atoms with Crippen LogP contribution in [0.2, 0.25) is 0 Å². The van der Waals surface area contributed by atoms with Crippen LogP contribution in [-0.4, -0.2) is 76.5 Å². The molecule has 6 N–H and O–H groups in total. The van der Waals surface area contributed by atoms with E-state index in [-0.39, 0.29) is 42.2 Å². The number of aromatic hydroxyl groups is 3. The van der Waals surface area contributed by atoms with Crippen molar-refractivity contribution in [3.63, 3.8) is 0 Å². The molecule has 1 saturated heterocycles. The number of likely N-dealkylation sites (N-methyl/N-ethyl adjacent to an activating group) is 1. The first-order valence-corrected chi connectivity index (χ1v) is 13.8. The summed E-state index contributed by atoms with van der Waals surface area (Å²) in [6, 6.07) is 15.8. The summed E-state index contributed by atoms with van der Waals surface area (Å²) in [4.78, 5) is 38.3. The molecule has 3 aromatic rings. The Morgan fingerprint density at radius 3 is 2.31 bits per heavy atom. The van der Waals surface area contributed by atoms with E-state index in [1.54, 1.807) is 55.5 Å². The number of esters is 1. The van der Waals surface area contributed by atoms with Gasteiger partial charge in [-0.1, -0.05) is 12.1 Å². The van der Waals surface area contributed by atoms with Crippen molar-refractivity contribution < 1.29 is 38.9 Å². The normalized spacial score (nSPS) is 18.6. The monoisotopic (exact) mass is 577 g/mol. The maximum Gasteiger partial charge on any atom is 0.338 e. The number of benzene rings is 3. The zero-order valence-electron chi connectivity index (χ0n) is 23.7. The number of nitrogens with one attached hydrogen (secondary N) is 3. The molecule has 11 nitrogen and oxygen atoms in total. The number of amides is 3. The largest absolute Gasteiger partial charge is 0.508 e. The lowest BCUT2D eigenvalue weighted by molar-refractivity contribution is -0.911. The first kappa shape index (κ1) is 30.2. The SMILES string of the molecule is CCOC(=O)c1ccc(NC(=O)N[C@@H](Cc2ccc(O)cc2)C(=O)N[C@H]2CC[N@@+](C)(Cc3ccc(O)c(O)c3)C2)cc1. The van der Waals surface area contributed by atoms with Gasteiger partial charge >= 0.3 is 12.0 Å². The molecule has 1 heterocycles. The first-order chi connectivity index (χ1) is 20.0. The molecule has 11 heteroatoms. The van der Waals surface area contributed by atoms with E-state index < -0.39 is 18.0 Å². The minimum Gasteiger partial charge on any atom is -0.508 e. The number of rotatable bonds is 10. The molecule has 42 heavy (non-hydrogen) atoms. The van der Waals surface area contributed by atoms with Gasteiger partial charge in [-0.05, 0) is 67.1 Å². The molecule has 0 spiro atoms. The number of hydrogen-bond acceptors (Lipinski definition) is 7. The molecule has 4 rings (SSSR count). The summed E-state index contributed by atoms with van der Waals surface area (Å²) < 4.78 is 5.61. The number of urea groups is 1. The molecule has 3 amide bonds. The molecule has 0 aliphatic carbocycles. The van der Waals surface area contributed by atoms with Gasteiger partial charge in [0.1, 0.15) is 18.3 Å². The molecule has 3 atom stereocenters.